The summed E-state index contributed by atoms with van der Waals surface area (Å²) in [5.74, 6) is -0.260. The summed E-state index contributed by atoms with van der Waals surface area (Å²) in [6.07, 6.45) is 9.73. The monoisotopic (exact) mass is 668 g/mol. The van der Waals surface area contributed by atoms with Gasteiger partial charge in [-0.3, -0.25) is 0 Å². The summed E-state index contributed by atoms with van der Waals surface area (Å²) in [6, 6.07) is 18.5. The molecule has 0 spiro atoms. The van der Waals surface area contributed by atoms with E-state index in [4.69, 9.17) is 9.47 Å². The Balaban J connectivity index is 2.02. The smallest absolute Gasteiger partial charge is 0.338 e. The van der Waals surface area contributed by atoms with Gasteiger partial charge in [-0.25, -0.2) is 9.59 Å². The van der Waals surface area contributed by atoms with Crippen LogP contribution in [0.4, 0.5) is 0 Å². The van der Waals surface area contributed by atoms with Gasteiger partial charge >= 0.3 is 11.9 Å². The maximum atomic E-state index is 12.9. The van der Waals surface area contributed by atoms with Crippen LogP contribution in [0, 0.1) is 5.41 Å². The predicted molar refractivity (Wildman–Crippen MR) is 199 cm³/mol. The molecule has 6 heteroatoms. The number of carbonyl (C=O) groups excluding carboxylic acids is 2. The third kappa shape index (κ3) is 11.3. The van der Waals surface area contributed by atoms with Crippen molar-refractivity contribution < 1.29 is 29.3 Å². The van der Waals surface area contributed by atoms with E-state index in [1.54, 1.807) is 19.9 Å². The molecule has 0 bridgehead atoms. The first-order valence-corrected chi connectivity index (χ1v) is 17.8. The fourth-order valence-electron chi connectivity index (χ4n) is 5.93. The van der Waals surface area contributed by atoms with Crippen LogP contribution in [0.25, 0.3) is 11.1 Å². The summed E-state index contributed by atoms with van der Waals surface area (Å²) in [4.78, 5) is 25.7. The SMILES string of the molecule is C=C(C)C(=O)Oc1cc(-c2ccc(CCCC(CC)(CO)CO)cc2CC)c(OC(=O)C(=C)C)cc1CCc1ccc(CCCCC)cc1. The maximum Gasteiger partial charge on any atom is 0.338 e. The van der Waals surface area contributed by atoms with Crippen LogP contribution in [0.3, 0.4) is 0 Å². The van der Waals surface area contributed by atoms with Crippen molar-refractivity contribution in [2.24, 2.45) is 5.41 Å². The van der Waals surface area contributed by atoms with Gasteiger partial charge in [0.25, 0.3) is 0 Å². The lowest BCUT2D eigenvalue weighted by Gasteiger charge is -2.28. The first-order chi connectivity index (χ1) is 23.5. The molecule has 3 aromatic rings. The first kappa shape index (κ1) is 39.4. The van der Waals surface area contributed by atoms with Crippen LogP contribution in [0.15, 0.2) is 78.9 Å². The number of hydrogen-bond donors (Lipinski definition) is 2. The third-order valence-corrected chi connectivity index (χ3v) is 9.47. The molecule has 2 N–H and O–H groups in total. The molecule has 3 aromatic carbocycles. The Bertz CT molecular complexity index is 1570. The van der Waals surface area contributed by atoms with Crippen molar-refractivity contribution in [1.82, 2.24) is 0 Å². The topological polar surface area (TPSA) is 93.1 Å². The van der Waals surface area contributed by atoms with Crippen molar-refractivity contribution in [3.8, 4) is 22.6 Å². The molecule has 0 aliphatic carbocycles. The number of rotatable bonds is 20. The lowest BCUT2D eigenvalue weighted by molar-refractivity contribution is -0.131. The average Bonchev–Trinajstić information content (AvgIpc) is 3.10. The van der Waals surface area contributed by atoms with E-state index in [9.17, 15) is 19.8 Å². The average molecular weight is 669 g/mol. The molecule has 0 aliphatic rings. The highest BCUT2D eigenvalue weighted by Crippen LogP contribution is 2.40. The lowest BCUT2D eigenvalue weighted by atomic mass is 9.81. The number of unbranched alkanes of at least 4 members (excludes halogenated alkanes) is 2. The molecule has 0 aromatic heterocycles. The second-order valence-corrected chi connectivity index (χ2v) is 13.4. The zero-order valence-electron chi connectivity index (χ0n) is 30.3. The molecule has 0 saturated heterocycles. The van der Waals surface area contributed by atoms with Crippen LogP contribution >= 0.6 is 0 Å². The summed E-state index contributed by atoms with van der Waals surface area (Å²) in [5, 5.41) is 19.7. The van der Waals surface area contributed by atoms with Gasteiger partial charge in [0.05, 0.1) is 13.2 Å². The van der Waals surface area contributed by atoms with E-state index in [1.807, 2.05) is 19.1 Å². The van der Waals surface area contributed by atoms with Gasteiger partial charge in [-0.15, -0.1) is 0 Å². The molecular formula is C43H56O6. The fourth-order valence-corrected chi connectivity index (χ4v) is 5.93. The van der Waals surface area contributed by atoms with Crippen LogP contribution < -0.4 is 9.47 Å². The standard InChI is InChI=1S/C43H56O6/c1-8-11-12-14-32-16-18-33(19-17-32)20-22-36-26-40(49-42(47)31(6)7)38(27-39(36)48-41(46)30(4)5)37-23-21-34(25-35(37)9-2)15-13-24-43(10-3,28-44)29-45/h16-19,21,23,25-27,44-45H,4,6,8-15,20,22,24,28-29H2,1-3,5,7H3. The Morgan fingerprint density at radius 1 is 0.653 bits per heavy atom. The second-order valence-electron chi connectivity index (χ2n) is 13.4. The molecule has 0 unspecified atom stereocenters. The number of aryl methyl sites for hydroxylation is 5. The van der Waals surface area contributed by atoms with E-state index in [-0.39, 0.29) is 24.4 Å². The van der Waals surface area contributed by atoms with Crippen LogP contribution in [0.5, 0.6) is 11.5 Å². The van der Waals surface area contributed by atoms with E-state index in [0.717, 1.165) is 54.4 Å². The highest BCUT2D eigenvalue weighted by Gasteiger charge is 2.26. The molecule has 0 fully saturated rings. The largest absolute Gasteiger partial charge is 0.423 e. The number of aliphatic hydroxyl groups excluding tert-OH is 2. The number of hydrogen-bond acceptors (Lipinski definition) is 6. The van der Waals surface area contributed by atoms with Gasteiger partial charge in [-0.05, 0) is 117 Å². The molecule has 0 heterocycles. The molecule has 6 nitrogen and oxygen atoms in total. The summed E-state index contributed by atoms with van der Waals surface area (Å²) in [7, 11) is 0. The van der Waals surface area contributed by atoms with Crippen molar-refractivity contribution in [3.05, 3.63) is 107 Å². The number of aliphatic hydroxyl groups is 2. The minimum absolute atomic E-state index is 0.0372. The zero-order chi connectivity index (χ0) is 36.0. The van der Waals surface area contributed by atoms with Crippen molar-refractivity contribution >= 4 is 11.9 Å². The Labute approximate surface area is 293 Å². The van der Waals surface area contributed by atoms with Crippen LogP contribution in [0.2, 0.25) is 0 Å². The van der Waals surface area contributed by atoms with Crippen molar-refractivity contribution in [3.63, 3.8) is 0 Å². The molecule has 0 saturated carbocycles. The molecule has 0 amide bonds. The predicted octanol–water partition coefficient (Wildman–Crippen LogP) is 9.10. The van der Waals surface area contributed by atoms with E-state index < -0.39 is 17.4 Å². The Kier molecular flexibility index (Phi) is 15.5. The Morgan fingerprint density at radius 3 is 1.78 bits per heavy atom. The summed E-state index contributed by atoms with van der Waals surface area (Å²) in [5.41, 5.74) is 7.07. The molecule has 264 valence electrons. The van der Waals surface area contributed by atoms with Gasteiger partial charge in [-0.2, -0.15) is 0 Å². The van der Waals surface area contributed by atoms with Gasteiger partial charge in [-0.1, -0.05) is 89.2 Å². The minimum Gasteiger partial charge on any atom is -0.423 e. The number of ether oxygens (including phenoxy) is 2. The fraction of sp³-hybridized carbons (Fsp3) is 0.442. The minimum atomic E-state index is -0.528. The normalized spacial score (nSPS) is 11.3. The highest BCUT2D eigenvalue weighted by molar-refractivity contribution is 5.92. The highest BCUT2D eigenvalue weighted by atomic mass is 16.5. The van der Waals surface area contributed by atoms with Crippen molar-refractivity contribution in [1.29, 1.82) is 0 Å². The molecule has 0 radical (unpaired) electrons. The molecule has 49 heavy (non-hydrogen) atoms. The van der Waals surface area contributed by atoms with Gasteiger partial charge in [0, 0.05) is 22.1 Å². The number of benzene rings is 3. The van der Waals surface area contributed by atoms with Gasteiger partial charge < -0.3 is 19.7 Å². The maximum absolute atomic E-state index is 12.9. The van der Waals surface area contributed by atoms with E-state index in [2.05, 4.69) is 63.4 Å². The zero-order valence-corrected chi connectivity index (χ0v) is 30.3. The van der Waals surface area contributed by atoms with Crippen molar-refractivity contribution in [2.45, 2.75) is 105 Å². The molecule has 0 atom stereocenters. The Hall–Kier alpha value is -4.00. The van der Waals surface area contributed by atoms with Gasteiger partial charge in [0.1, 0.15) is 11.5 Å². The van der Waals surface area contributed by atoms with Gasteiger partial charge in [0.15, 0.2) is 0 Å². The molecule has 3 rings (SSSR count). The lowest BCUT2D eigenvalue weighted by Crippen LogP contribution is -2.29. The van der Waals surface area contributed by atoms with Gasteiger partial charge in [0.2, 0.25) is 0 Å². The number of carbonyl (C=O) groups is 2. The third-order valence-electron chi connectivity index (χ3n) is 9.47. The van der Waals surface area contributed by atoms with E-state index in [0.29, 0.717) is 36.3 Å². The summed E-state index contributed by atoms with van der Waals surface area (Å²) < 4.78 is 11.9. The number of esters is 2. The molecular weight excluding hydrogens is 612 g/mol. The van der Waals surface area contributed by atoms with Crippen LogP contribution in [-0.4, -0.2) is 35.4 Å². The molecule has 0 aliphatic heterocycles. The quantitative estimate of drug-likeness (QED) is 0.0540. The van der Waals surface area contributed by atoms with E-state index >= 15 is 0 Å². The second kappa shape index (κ2) is 19.3. The van der Waals surface area contributed by atoms with Crippen LogP contribution in [-0.2, 0) is 41.7 Å². The summed E-state index contributed by atoms with van der Waals surface area (Å²) in [6.45, 7) is 17.0. The Morgan fingerprint density at radius 2 is 1.22 bits per heavy atom. The first-order valence-electron chi connectivity index (χ1n) is 17.8. The van der Waals surface area contributed by atoms with E-state index in [1.165, 1.54) is 30.4 Å². The summed E-state index contributed by atoms with van der Waals surface area (Å²) >= 11 is 0. The van der Waals surface area contributed by atoms with Crippen molar-refractivity contribution in [2.75, 3.05) is 13.2 Å². The van der Waals surface area contributed by atoms with Crippen LogP contribution in [0.1, 0.15) is 101 Å².